The number of carbonyl (C=O) groups is 1. The Hall–Kier alpha value is -2.89. The molecule has 3 aromatic rings. The van der Waals surface area contributed by atoms with Gasteiger partial charge in [-0.25, -0.2) is 0 Å². The lowest BCUT2D eigenvalue weighted by Gasteiger charge is -2.03. The molecule has 0 spiro atoms. The maximum Gasteiger partial charge on any atom is 0.269 e. The molecular formula is C18H21N5O. The fourth-order valence-corrected chi connectivity index (χ4v) is 2.44. The van der Waals surface area contributed by atoms with Gasteiger partial charge in [0.25, 0.3) is 5.91 Å². The number of nitrogens with zero attached hydrogens (tertiary/aromatic N) is 3. The molecule has 0 aliphatic rings. The van der Waals surface area contributed by atoms with Crippen LogP contribution in [0.5, 0.6) is 0 Å². The first-order chi connectivity index (χ1) is 11.6. The van der Waals surface area contributed by atoms with Gasteiger partial charge < -0.3 is 5.32 Å². The molecule has 1 amide bonds. The molecule has 0 aliphatic heterocycles. The largest absolute Gasteiger partial charge is 0.351 e. The zero-order chi connectivity index (χ0) is 16.9. The van der Waals surface area contributed by atoms with E-state index in [0.717, 1.165) is 29.9 Å². The first-order valence-electron chi connectivity index (χ1n) is 8.02. The molecule has 0 fully saturated rings. The number of aromatic amines is 1. The van der Waals surface area contributed by atoms with Crippen LogP contribution < -0.4 is 5.32 Å². The summed E-state index contributed by atoms with van der Waals surface area (Å²) < 4.78 is 1.88. The van der Waals surface area contributed by atoms with E-state index >= 15 is 0 Å². The van der Waals surface area contributed by atoms with Crippen molar-refractivity contribution in [2.75, 3.05) is 6.54 Å². The van der Waals surface area contributed by atoms with Crippen molar-refractivity contribution in [1.29, 1.82) is 0 Å². The van der Waals surface area contributed by atoms with Crippen molar-refractivity contribution in [1.82, 2.24) is 25.3 Å². The van der Waals surface area contributed by atoms with Crippen LogP contribution in [0.25, 0.3) is 11.3 Å². The summed E-state index contributed by atoms with van der Waals surface area (Å²) in [6.45, 7) is 5.38. The quantitative estimate of drug-likeness (QED) is 0.685. The minimum atomic E-state index is -0.141. The number of aryl methyl sites for hydroxylation is 3. The smallest absolute Gasteiger partial charge is 0.269 e. The van der Waals surface area contributed by atoms with E-state index in [2.05, 4.69) is 20.6 Å². The van der Waals surface area contributed by atoms with Crippen LogP contribution in [0.15, 0.2) is 42.6 Å². The summed E-state index contributed by atoms with van der Waals surface area (Å²) in [5, 5.41) is 14.2. The van der Waals surface area contributed by atoms with Crippen LogP contribution in [-0.2, 0) is 6.54 Å². The van der Waals surface area contributed by atoms with Crippen molar-refractivity contribution in [3.63, 3.8) is 0 Å². The van der Waals surface area contributed by atoms with Gasteiger partial charge in [-0.2, -0.15) is 10.2 Å². The molecule has 0 bridgehead atoms. The molecule has 1 aromatic carbocycles. The van der Waals surface area contributed by atoms with Gasteiger partial charge in [0.2, 0.25) is 0 Å². The lowest BCUT2D eigenvalue weighted by Crippen LogP contribution is -2.25. The van der Waals surface area contributed by atoms with Crippen molar-refractivity contribution in [2.45, 2.75) is 26.8 Å². The Labute approximate surface area is 140 Å². The monoisotopic (exact) mass is 323 g/mol. The Morgan fingerprint density at radius 1 is 1.21 bits per heavy atom. The van der Waals surface area contributed by atoms with Gasteiger partial charge in [-0.1, -0.05) is 29.8 Å². The summed E-state index contributed by atoms with van der Waals surface area (Å²) in [6.07, 6.45) is 2.77. The van der Waals surface area contributed by atoms with Crippen molar-refractivity contribution < 1.29 is 4.79 Å². The van der Waals surface area contributed by atoms with Crippen LogP contribution in [0.2, 0.25) is 0 Å². The number of rotatable bonds is 6. The first kappa shape index (κ1) is 16.0. The Balaban J connectivity index is 1.51. The van der Waals surface area contributed by atoms with E-state index in [4.69, 9.17) is 0 Å². The third kappa shape index (κ3) is 3.90. The van der Waals surface area contributed by atoms with Gasteiger partial charge >= 0.3 is 0 Å². The number of benzene rings is 1. The van der Waals surface area contributed by atoms with Crippen LogP contribution in [0, 0.1) is 13.8 Å². The van der Waals surface area contributed by atoms with Gasteiger partial charge in [0.1, 0.15) is 5.69 Å². The van der Waals surface area contributed by atoms with E-state index in [1.807, 2.05) is 55.1 Å². The number of nitrogens with one attached hydrogen (secondary N) is 2. The van der Waals surface area contributed by atoms with Crippen molar-refractivity contribution in [3.8, 4) is 11.3 Å². The topological polar surface area (TPSA) is 75.6 Å². The molecule has 0 saturated carbocycles. The summed E-state index contributed by atoms with van der Waals surface area (Å²) in [5.74, 6) is -0.141. The fraction of sp³-hybridized carbons (Fsp3) is 0.278. The van der Waals surface area contributed by atoms with Crippen molar-refractivity contribution in [2.24, 2.45) is 0 Å². The Morgan fingerprint density at radius 3 is 2.71 bits per heavy atom. The molecule has 24 heavy (non-hydrogen) atoms. The molecule has 2 heterocycles. The normalized spacial score (nSPS) is 10.8. The van der Waals surface area contributed by atoms with Crippen LogP contribution >= 0.6 is 0 Å². The van der Waals surface area contributed by atoms with Gasteiger partial charge in [0, 0.05) is 24.8 Å². The molecule has 6 heteroatoms. The first-order valence-corrected chi connectivity index (χ1v) is 8.02. The Bertz CT molecular complexity index is 816. The summed E-state index contributed by atoms with van der Waals surface area (Å²) >= 11 is 0. The standard InChI is InChI=1S/C18H21N5O/c1-13-4-6-15(7-5-13)16-12-17(21-20-16)18(24)19-9-3-10-23-11-8-14(2)22-23/h4-8,11-12H,3,9-10H2,1-2H3,(H,19,24)(H,20,21). The molecule has 124 valence electrons. The van der Waals surface area contributed by atoms with Crippen LogP contribution in [0.4, 0.5) is 0 Å². The predicted octanol–water partition coefficient (Wildman–Crippen LogP) is 2.71. The summed E-state index contributed by atoms with van der Waals surface area (Å²) in [6, 6.07) is 11.8. The molecule has 2 aromatic heterocycles. The molecule has 3 rings (SSSR count). The predicted molar refractivity (Wildman–Crippen MR) is 92.7 cm³/mol. The highest BCUT2D eigenvalue weighted by Crippen LogP contribution is 2.18. The summed E-state index contributed by atoms with van der Waals surface area (Å²) in [7, 11) is 0. The van der Waals surface area contributed by atoms with E-state index in [1.54, 1.807) is 6.07 Å². The van der Waals surface area contributed by atoms with E-state index in [1.165, 1.54) is 5.56 Å². The highest BCUT2D eigenvalue weighted by atomic mass is 16.1. The lowest BCUT2D eigenvalue weighted by molar-refractivity contribution is 0.0947. The number of carbonyl (C=O) groups excluding carboxylic acids is 1. The second kappa shape index (κ2) is 7.12. The number of aromatic nitrogens is 4. The molecule has 6 nitrogen and oxygen atoms in total. The molecule has 0 atom stereocenters. The molecule has 0 saturated heterocycles. The van der Waals surface area contributed by atoms with Crippen molar-refractivity contribution in [3.05, 3.63) is 59.5 Å². The Kier molecular flexibility index (Phi) is 4.74. The van der Waals surface area contributed by atoms with Crippen LogP contribution in [0.3, 0.4) is 0 Å². The molecule has 0 radical (unpaired) electrons. The number of hydrogen-bond donors (Lipinski definition) is 2. The second-order valence-electron chi connectivity index (χ2n) is 5.86. The summed E-state index contributed by atoms with van der Waals surface area (Å²) in [5.41, 5.74) is 4.43. The Morgan fingerprint density at radius 2 is 2.00 bits per heavy atom. The average Bonchev–Trinajstić information content (AvgIpc) is 3.21. The van der Waals surface area contributed by atoms with Gasteiger partial charge in [-0.15, -0.1) is 0 Å². The number of hydrogen-bond acceptors (Lipinski definition) is 3. The zero-order valence-electron chi connectivity index (χ0n) is 13.9. The highest BCUT2D eigenvalue weighted by molar-refractivity contribution is 5.93. The molecule has 2 N–H and O–H groups in total. The van der Waals surface area contributed by atoms with Crippen LogP contribution in [0.1, 0.15) is 28.2 Å². The van der Waals surface area contributed by atoms with Crippen molar-refractivity contribution >= 4 is 5.91 Å². The minimum absolute atomic E-state index is 0.141. The van der Waals surface area contributed by atoms with Crippen LogP contribution in [-0.4, -0.2) is 32.4 Å². The SMILES string of the molecule is Cc1ccc(-c2cc(C(=O)NCCCn3ccc(C)n3)[nH]n2)cc1. The van der Waals surface area contributed by atoms with E-state index in [-0.39, 0.29) is 5.91 Å². The zero-order valence-corrected chi connectivity index (χ0v) is 13.9. The third-order valence-corrected chi connectivity index (χ3v) is 3.79. The second-order valence-corrected chi connectivity index (χ2v) is 5.86. The molecule has 0 aliphatic carbocycles. The molecule has 0 unspecified atom stereocenters. The fourth-order valence-electron chi connectivity index (χ4n) is 2.44. The maximum absolute atomic E-state index is 12.2. The maximum atomic E-state index is 12.2. The molecular weight excluding hydrogens is 302 g/mol. The summed E-state index contributed by atoms with van der Waals surface area (Å²) in [4.78, 5) is 12.2. The third-order valence-electron chi connectivity index (χ3n) is 3.79. The number of H-pyrrole nitrogens is 1. The van der Waals surface area contributed by atoms with E-state index < -0.39 is 0 Å². The minimum Gasteiger partial charge on any atom is -0.351 e. The van der Waals surface area contributed by atoms with E-state index in [0.29, 0.717) is 12.2 Å². The van der Waals surface area contributed by atoms with Gasteiger partial charge in [-0.3, -0.25) is 14.6 Å². The lowest BCUT2D eigenvalue weighted by atomic mass is 10.1. The highest BCUT2D eigenvalue weighted by Gasteiger charge is 2.10. The van der Waals surface area contributed by atoms with Gasteiger partial charge in [-0.05, 0) is 32.4 Å². The van der Waals surface area contributed by atoms with Gasteiger partial charge in [0.05, 0.1) is 11.4 Å². The number of amides is 1. The van der Waals surface area contributed by atoms with E-state index in [9.17, 15) is 4.79 Å². The average molecular weight is 323 g/mol. The van der Waals surface area contributed by atoms with Gasteiger partial charge in [0.15, 0.2) is 0 Å².